The summed E-state index contributed by atoms with van der Waals surface area (Å²) in [7, 11) is 0. The minimum Gasteiger partial charge on any atom is -0.489 e. The molecule has 0 aromatic heterocycles. The smallest absolute Gasteiger partial charge is 0.138 e. The van der Waals surface area contributed by atoms with Crippen molar-refractivity contribution >= 4 is 15.9 Å². The van der Waals surface area contributed by atoms with Crippen LogP contribution < -0.4 is 10.5 Å². The van der Waals surface area contributed by atoms with Crippen LogP contribution in [-0.2, 0) is 6.54 Å². The van der Waals surface area contributed by atoms with Gasteiger partial charge in [-0.3, -0.25) is 0 Å². The van der Waals surface area contributed by atoms with Gasteiger partial charge in [0, 0.05) is 12.1 Å². The summed E-state index contributed by atoms with van der Waals surface area (Å²) in [6, 6.07) is 5.81. The fourth-order valence-electron chi connectivity index (χ4n) is 2.75. The van der Waals surface area contributed by atoms with E-state index in [0.29, 0.717) is 19.1 Å². The molecule has 1 aliphatic rings. The van der Waals surface area contributed by atoms with Crippen LogP contribution in [0.2, 0.25) is 0 Å². The van der Waals surface area contributed by atoms with E-state index in [4.69, 9.17) is 10.5 Å². The molecule has 2 rings (SSSR count). The first kappa shape index (κ1) is 14.8. The first-order valence-electron chi connectivity index (χ1n) is 6.99. The minimum absolute atomic E-state index is 0.339. The van der Waals surface area contributed by atoms with Crippen LogP contribution in [0.15, 0.2) is 22.7 Å². The molecular formula is C15H22BrNO2. The second-order valence-electron chi connectivity index (χ2n) is 5.28. The molecule has 106 valence electrons. The molecule has 4 heteroatoms. The van der Waals surface area contributed by atoms with Gasteiger partial charge in [-0.2, -0.15) is 0 Å². The Morgan fingerprint density at radius 2 is 2.11 bits per heavy atom. The Labute approximate surface area is 123 Å². The van der Waals surface area contributed by atoms with Crippen molar-refractivity contribution in [2.45, 2.75) is 44.8 Å². The van der Waals surface area contributed by atoms with Gasteiger partial charge in [0.2, 0.25) is 0 Å². The van der Waals surface area contributed by atoms with Gasteiger partial charge in [-0.05, 0) is 34.3 Å². The monoisotopic (exact) mass is 327 g/mol. The number of halogens is 1. The fourth-order valence-corrected chi connectivity index (χ4v) is 3.28. The van der Waals surface area contributed by atoms with Crippen molar-refractivity contribution in [1.82, 2.24) is 0 Å². The molecule has 3 nitrogen and oxygen atoms in total. The standard InChI is InChI=1S/C15H22BrNO2/c16-14-7-3-6-12(9-17)15(14)19-10-13(18)8-11-4-1-2-5-11/h3,6-7,11,13,18H,1-2,4-5,8-10,17H2. The van der Waals surface area contributed by atoms with Crippen molar-refractivity contribution in [2.75, 3.05) is 6.61 Å². The normalized spacial score (nSPS) is 17.6. The first-order valence-corrected chi connectivity index (χ1v) is 7.78. The lowest BCUT2D eigenvalue weighted by molar-refractivity contribution is 0.0848. The van der Waals surface area contributed by atoms with Crippen LogP contribution in [0.25, 0.3) is 0 Å². The van der Waals surface area contributed by atoms with Gasteiger partial charge in [-0.1, -0.05) is 37.8 Å². The lowest BCUT2D eigenvalue weighted by atomic mass is 10.0. The second kappa shape index (κ2) is 7.27. The lowest BCUT2D eigenvalue weighted by Crippen LogP contribution is -2.21. The van der Waals surface area contributed by atoms with Gasteiger partial charge in [0.1, 0.15) is 12.4 Å². The predicted octanol–water partition coefficient (Wildman–Crippen LogP) is 3.23. The molecule has 19 heavy (non-hydrogen) atoms. The van der Waals surface area contributed by atoms with Crippen LogP contribution in [0.5, 0.6) is 5.75 Å². The Morgan fingerprint density at radius 1 is 1.37 bits per heavy atom. The third-order valence-corrected chi connectivity index (χ3v) is 4.39. The Balaban J connectivity index is 1.87. The predicted molar refractivity (Wildman–Crippen MR) is 80.1 cm³/mol. The van der Waals surface area contributed by atoms with Crippen molar-refractivity contribution in [3.05, 3.63) is 28.2 Å². The largest absolute Gasteiger partial charge is 0.489 e. The summed E-state index contributed by atoms with van der Waals surface area (Å²) >= 11 is 3.46. The van der Waals surface area contributed by atoms with Gasteiger partial charge in [0.15, 0.2) is 0 Å². The molecule has 1 aliphatic carbocycles. The Bertz CT molecular complexity index is 405. The molecule has 0 bridgehead atoms. The van der Waals surface area contributed by atoms with Gasteiger partial charge in [-0.25, -0.2) is 0 Å². The number of aliphatic hydroxyl groups is 1. The van der Waals surface area contributed by atoms with Crippen molar-refractivity contribution in [3.63, 3.8) is 0 Å². The number of nitrogens with two attached hydrogens (primary N) is 1. The summed E-state index contributed by atoms with van der Waals surface area (Å²) < 4.78 is 6.65. The van der Waals surface area contributed by atoms with Crippen LogP contribution in [0.3, 0.4) is 0 Å². The first-order chi connectivity index (χ1) is 9.20. The number of ether oxygens (including phenoxy) is 1. The van der Waals surface area contributed by atoms with Gasteiger partial charge >= 0.3 is 0 Å². The summed E-state index contributed by atoms with van der Waals surface area (Å²) in [6.45, 7) is 0.777. The Morgan fingerprint density at radius 3 is 2.79 bits per heavy atom. The van der Waals surface area contributed by atoms with E-state index < -0.39 is 0 Å². The highest BCUT2D eigenvalue weighted by Gasteiger charge is 2.19. The van der Waals surface area contributed by atoms with E-state index in [-0.39, 0.29) is 6.10 Å². The Hall–Kier alpha value is -0.580. The number of aliphatic hydroxyl groups excluding tert-OH is 1. The molecule has 1 aromatic rings. The zero-order valence-electron chi connectivity index (χ0n) is 11.1. The maximum atomic E-state index is 10.1. The molecule has 0 spiro atoms. The summed E-state index contributed by atoms with van der Waals surface area (Å²) in [4.78, 5) is 0. The number of benzene rings is 1. The molecule has 0 aliphatic heterocycles. The molecule has 0 radical (unpaired) electrons. The molecular weight excluding hydrogens is 306 g/mol. The molecule has 0 heterocycles. The third-order valence-electron chi connectivity index (χ3n) is 3.77. The highest BCUT2D eigenvalue weighted by Crippen LogP contribution is 2.31. The number of para-hydroxylation sites is 1. The SMILES string of the molecule is NCc1cccc(Br)c1OCC(O)CC1CCCC1. The van der Waals surface area contributed by atoms with E-state index >= 15 is 0 Å². The molecule has 1 fully saturated rings. The van der Waals surface area contributed by atoms with E-state index in [0.717, 1.165) is 22.2 Å². The topological polar surface area (TPSA) is 55.5 Å². The number of rotatable bonds is 6. The molecule has 1 saturated carbocycles. The maximum Gasteiger partial charge on any atom is 0.138 e. The average Bonchev–Trinajstić information content (AvgIpc) is 2.89. The molecule has 1 atom stereocenters. The van der Waals surface area contributed by atoms with E-state index in [1.807, 2.05) is 18.2 Å². The molecule has 0 saturated heterocycles. The van der Waals surface area contributed by atoms with Crippen molar-refractivity contribution < 1.29 is 9.84 Å². The van der Waals surface area contributed by atoms with Gasteiger partial charge in [0.05, 0.1) is 10.6 Å². The van der Waals surface area contributed by atoms with E-state index in [1.54, 1.807) is 0 Å². The van der Waals surface area contributed by atoms with Gasteiger partial charge in [0.25, 0.3) is 0 Å². The summed E-state index contributed by atoms with van der Waals surface area (Å²) in [5.41, 5.74) is 6.66. The van der Waals surface area contributed by atoms with Gasteiger partial charge in [-0.15, -0.1) is 0 Å². The van der Waals surface area contributed by atoms with E-state index in [1.165, 1.54) is 25.7 Å². The van der Waals surface area contributed by atoms with Crippen LogP contribution in [0, 0.1) is 5.92 Å². The van der Waals surface area contributed by atoms with Gasteiger partial charge < -0.3 is 15.6 Å². The van der Waals surface area contributed by atoms with Crippen LogP contribution >= 0.6 is 15.9 Å². The van der Waals surface area contributed by atoms with Crippen LogP contribution in [0.1, 0.15) is 37.7 Å². The zero-order valence-corrected chi connectivity index (χ0v) is 12.7. The van der Waals surface area contributed by atoms with Crippen LogP contribution in [0.4, 0.5) is 0 Å². The average molecular weight is 328 g/mol. The summed E-state index contributed by atoms with van der Waals surface area (Å²) in [5.74, 6) is 1.43. The quantitative estimate of drug-likeness (QED) is 0.843. The van der Waals surface area contributed by atoms with Crippen molar-refractivity contribution in [3.8, 4) is 5.75 Å². The second-order valence-corrected chi connectivity index (χ2v) is 6.14. The summed E-state index contributed by atoms with van der Waals surface area (Å²) in [5, 5.41) is 10.1. The summed E-state index contributed by atoms with van der Waals surface area (Å²) in [6.07, 6.45) is 5.57. The van der Waals surface area contributed by atoms with Crippen LogP contribution in [-0.4, -0.2) is 17.8 Å². The number of hydrogen-bond acceptors (Lipinski definition) is 3. The van der Waals surface area contributed by atoms with E-state index in [2.05, 4.69) is 15.9 Å². The minimum atomic E-state index is -0.388. The number of hydrogen-bond donors (Lipinski definition) is 2. The Kier molecular flexibility index (Phi) is 5.67. The maximum absolute atomic E-state index is 10.1. The molecule has 1 unspecified atom stereocenters. The van der Waals surface area contributed by atoms with Crippen molar-refractivity contribution in [1.29, 1.82) is 0 Å². The van der Waals surface area contributed by atoms with E-state index in [9.17, 15) is 5.11 Å². The third kappa shape index (κ3) is 4.20. The zero-order chi connectivity index (χ0) is 13.7. The fraction of sp³-hybridized carbons (Fsp3) is 0.600. The molecule has 0 amide bonds. The highest BCUT2D eigenvalue weighted by atomic mass is 79.9. The molecule has 1 aromatic carbocycles. The lowest BCUT2D eigenvalue weighted by Gasteiger charge is -2.18. The highest BCUT2D eigenvalue weighted by molar-refractivity contribution is 9.10. The van der Waals surface area contributed by atoms with Crippen molar-refractivity contribution in [2.24, 2.45) is 11.7 Å². The molecule has 3 N–H and O–H groups in total.